The van der Waals surface area contributed by atoms with Crippen LogP contribution in [0.15, 0.2) is 206 Å². The lowest BCUT2D eigenvalue weighted by Crippen LogP contribution is -2.12. The first-order valence-electron chi connectivity index (χ1n) is 17.9. The second kappa shape index (κ2) is 12.5. The Balaban J connectivity index is 1.29. The van der Waals surface area contributed by atoms with E-state index in [9.17, 15) is 0 Å². The quantitative estimate of drug-likeness (QED) is 0.172. The van der Waals surface area contributed by atoms with Gasteiger partial charge in [-0.15, -0.1) is 0 Å². The number of anilines is 3. The lowest BCUT2D eigenvalue weighted by atomic mass is 9.96. The van der Waals surface area contributed by atoms with E-state index < -0.39 is 0 Å². The molecule has 0 bridgehead atoms. The van der Waals surface area contributed by atoms with E-state index >= 15 is 0 Å². The normalized spacial score (nSPS) is 11.5. The van der Waals surface area contributed by atoms with Crippen LogP contribution in [-0.2, 0) is 0 Å². The molecule has 0 saturated heterocycles. The average molecular weight is 663 g/mol. The van der Waals surface area contributed by atoms with Crippen molar-refractivity contribution >= 4 is 60.4 Å². The molecule has 0 aliphatic rings. The van der Waals surface area contributed by atoms with Crippen molar-refractivity contribution in [1.82, 2.24) is 4.57 Å². The molecule has 1 heterocycles. The van der Waals surface area contributed by atoms with Crippen LogP contribution in [-0.4, -0.2) is 4.57 Å². The second-order valence-corrected chi connectivity index (χ2v) is 13.3. The van der Waals surface area contributed by atoms with Gasteiger partial charge in [-0.3, -0.25) is 0 Å². The molecule has 9 aromatic carbocycles. The number of rotatable bonds is 6. The Kier molecular flexibility index (Phi) is 7.18. The fourth-order valence-electron chi connectivity index (χ4n) is 8.03. The topological polar surface area (TPSA) is 8.17 Å². The summed E-state index contributed by atoms with van der Waals surface area (Å²) in [5, 5.41) is 7.31. The number of hydrogen-bond donors (Lipinski definition) is 0. The van der Waals surface area contributed by atoms with Crippen LogP contribution in [0.5, 0.6) is 0 Å². The summed E-state index contributed by atoms with van der Waals surface area (Å²) in [5.41, 5.74) is 11.7. The van der Waals surface area contributed by atoms with Gasteiger partial charge in [0.25, 0.3) is 0 Å². The van der Waals surface area contributed by atoms with E-state index in [1.165, 1.54) is 60.1 Å². The Bertz CT molecular complexity index is 2900. The lowest BCUT2D eigenvalue weighted by Gasteiger charge is -2.30. The largest absolute Gasteiger partial charge is 0.309 e. The van der Waals surface area contributed by atoms with Crippen LogP contribution in [0.2, 0.25) is 0 Å². The highest BCUT2D eigenvalue weighted by Gasteiger charge is 2.25. The minimum Gasteiger partial charge on any atom is -0.309 e. The summed E-state index contributed by atoms with van der Waals surface area (Å²) in [6.07, 6.45) is 0. The summed E-state index contributed by atoms with van der Waals surface area (Å²) >= 11 is 0. The number of aromatic nitrogens is 1. The highest BCUT2D eigenvalue weighted by molar-refractivity contribution is 6.18. The zero-order valence-corrected chi connectivity index (χ0v) is 28.5. The van der Waals surface area contributed by atoms with Crippen LogP contribution < -0.4 is 4.90 Å². The van der Waals surface area contributed by atoms with E-state index in [0.29, 0.717) is 0 Å². The first kappa shape index (κ1) is 30.0. The van der Waals surface area contributed by atoms with Gasteiger partial charge in [-0.1, -0.05) is 164 Å². The predicted molar refractivity (Wildman–Crippen MR) is 221 cm³/mol. The monoisotopic (exact) mass is 662 g/mol. The smallest absolute Gasteiger partial charge is 0.0618 e. The molecular weight excluding hydrogens is 629 g/mol. The van der Waals surface area contributed by atoms with Crippen molar-refractivity contribution in [3.8, 4) is 27.9 Å². The summed E-state index contributed by atoms with van der Waals surface area (Å²) in [6.45, 7) is 0. The third-order valence-corrected chi connectivity index (χ3v) is 10.3. The Morgan fingerprint density at radius 1 is 0.365 bits per heavy atom. The van der Waals surface area contributed by atoms with Crippen molar-refractivity contribution in [2.45, 2.75) is 0 Å². The number of benzene rings is 9. The standard InChI is InChI=1S/C50H34N2/c1-3-17-36(18-4-1)43-33-32-37-19-9-10-24-42(37)50(43)51(40-21-5-2-6-22-40)47-28-15-29-48-49(47)44-25-12-14-27-46(44)52(48)45-26-13-11-23-41(45)39-31-30-35-16-7-8-20-38(35)34-39/h1-34H. The lowest BCUT2D eigenvalue weighted by molar-refractivity contribution is 1.18. The Morgan fingerprint density at radius 2 is 1.00 bits per heavy atom. The van der Waals surface area contributed by atoms with Crippen LogP contribution in [0, 0.1) is 0 Å². The van der Waals surface area contributed by atoms with Gasteiger partial charge in [-0.2, -0.15) is 0 Å². The Morgan fingerprint density at radius 3 is 1.85 bits per heavy atom. The minimum atomic E-state index is 1.11. The minimum absolute atomic E-state index is 1.11. The SMILES string of the molecule is c1ccc(-c2ccc3ccccc3c2N(c2ccccc2)c2cccc3c2c2ccccc2n3-c2ccccc2-c2ccc3ccccc3c2)cc1. The molecule has 0 aliphatic heterocycles. The first-order chi connectivity index (χ1) is 25.8. The number of hydrogen-bond acceptors (Lipinski definition) is 1. The summed E-state index contributed by atoms with van der Waals surface area (Å²) < 4.78 is 2.46. The van der Waals surface area contributed by atoms with E-state index in [-0.39, 0.29) is 0 Å². The first-order valence-corrected chi connectivity index (χ1v) is 17.9. The maximum atomic E-state index is 2.49. The van der Waals surface area contributed by atoms with Crippen molar-refractivity contribution in [2.24, 2.45) is 0 Å². The molecule has 10 rings (SSSR count). The van der Waals surface area contributed by atoms with Crippen molar-refractivity contribution in [2.75, 3.05) is 4.90 Å². The molecule has 0 N–H and O–H groups in total. The molecule has 2 heteroatoms. The molecule has 0 spiro atoms. The van der Waals surface area contributed by atoms with Crippen molar-refractivity contribution in [3.05, 3.63) is 206 Å². The fourth-order valence-corrected chi connectivity index (χ4v) is 8.03. The van der Waals surface area contributed by atoms with Gasteiger partial charge in [0.2, 0.25) is 0 Å². The molecule has 1 aromatic heterocycles. The van der Waals surface area contributed by atoms with Gasteiger partial charge in [-0.25, -0.2) is 0 Å². The van der Waals surface area contributed by atoms with Gasteiger partial charge in [0.15, 0.2) is 0 Å². The maximum absolute atomic E-state index is 2.49. The summed E-state index contributed by atoms with van der Waals surface area (Å²) in [7, 11) is 0. The van der Waals surface area contributed by atoms with E-state index in [1.807, 2.05) is 0 Å². The second-order valence-electron chi connectivity index (χ2n) is 13.3. The molecule has 244 valence electrons. The molecule has 0 unspecified atom stereocenters. The third-order valence-electron chi connectivity index (χ3n) is 10.3. The summed E-state index contributed by atoms with van der Waals surface area (Å²) in [5.74, 6) is 0. The molecule has 0 atom stereocenters. The Labute approximate surface area is 303 Å². The fraction of sp³-hybridized carbons (Fsp3) is 0. The van der Waals surface area contributed by atoms with Gasteiger partial charge in [-0.05, 0) is 69.8 Å². The summed E-state index contributed by atoms with van der Waals surface area (Å²) in [4.78, 5) is 2.49. The zero-order valence-electron chi connectivity index (χ0n) is 28.5. The highest BCUT2D eigenvalue weighted by atomic mass is 15.2. The molecule has 2 nitrogen and oxygen atoms in total. The van der Waals surface area contributed by atoms with Gasteiger partial charge < -0.3 is 9.47 Å². The van der Waals surface area contributed by atoms with Gasteiger partial charge in [0, 0.05) is 33.0 Å². The van der Waals surface area contributed by atoms with E-state index in [2.05, 4.69) is 216 Å². The number of fused-ring (bicyclic) bond motifs is 5. The van der Waals surface area contributed by atoms with Crippen LogP contribution >= 0.6 is 0 Å². The van der Waals surface area contributed by atoms with Crippen LogP contribution in [0.3, 0.4) is 0 Å². The molecule has 52 heavy (non-hydrogen) atoms. The molecular formula is C50H34N2. The van der Waals surface area contributed by atoms with E-state index in [4.69, 9.17) is 0 Å². The molecule has 0 radical (unpaired) electrons. The number of nitrogens with zero attached hydrogens (tertiary/aromatic N) is 2. The van der Waals surface area contributed by atoms with E-state index in [1.54, 1.807) is 0 Å². The molecule has 0 saturated carbocycles. The highest BCUT2D eigenvalue weighted by Crippen LogP contribution is 2.49. The van der Waals surface area contributed by atoms with Crippen molar-refractivity contribution in [1.29, 1.82) is 0 Å². The van der Waals surface area contributed by atoms with Gasteiger partial charge in [0.1, 0.15) is 0 Å². The van der Waals surface area contributed by atoms with Gasteiger partial charge in [0.05, 0.1) is 28.1 Å². The molecule has 0 fully saturated rings. The van der Waals surface area contributed by atoms with Crippen LogP contribution in [0.25, 0.3) is 71.3 Å². The maximum Gasteiger partial charge on any atom is 0.0618 e. The van der Waals surface area contributed by atoms with Gasteiger partial charge >= 0.3 is 0 Å². The van der Waals surface area contributed by atoms with E-state index in [0.717, 1.165) is 28.3 Å². The number of para-hydroxylation sites is 3. The van der Waals surface area contributed by atoms with Crippen molar-refractivity contribution < 1.29 is 0 Å². The molecule has 10 aromatic rings. The Hall–Kier alpha value is -6.90. The summed E-state index contributed by atoms with van der Waals surface area (Å²) in [6, 6.07) is 74.7. The van der Waals surface area contributed by atoms with Crippen molar-refractivity contribution in [3.63, 3.8) is 0 Å². The molecule has 0 amide bonds. The predicted octanol–water partition coefficient (Wildman–Crippen LogP) is 13.9. The third kappa shape index (κ3) is 4.88. The average Bonchev–Trinajstić information content (AvgIpc) is 3.56. The molecule has 0 aliphatic carbocycles. The zero-order chi connectivity index (χ0) is 34.4. The van der Waals surface area contributed by atoms with Crippen LogP contribution in [0.1, 0.15) is 0 Å². The van der Waals surface area contributed by atoms with Crippen LogP contribution in [0.4, 0.5) is 17.1 Å².